The Hall–Kier alpha value is -1.21. The van der Waals surface area contributed by atoms with Gasteiger partial charge in [-0.2, -0.15) is 4.37 Å². The van der Waals surface area contributed by atoms with E-state index in [2.05, 4.69) is 19.6 Å². The van der Waals surface area contributed by atoms with Crippen molar-refractivity contribution in [1.29, 1.82) is 0 Å². The average molecular weight is 296 g/mol. The van der Waals surface area contributed by atoms with E-state index in [9.17, 15) is 4.79 Å². The van der Waals surface area contributed by atoms with Crippen LogP contribution in [0.15, 0.2) is 0 Å². The largest absolute Gasteiger partial charge is 0.384 e. The number of amides is 1. The molecule has 1 saturated heterocycles. The van der Waals surface area contributed by atoms with Gasteiger partial charge in [-0.25, -0.2) is 4.98 Å². The first-order chi connectivity index (χ1) is 9.78. The highest BCUT2D eigenvalue weighted by molar-refractivity contribution is 7.09. The average Bonchev–Trinajstić information content (AvgIpc) is 2.96. The molecule has 0 radical (unpaired) electrons. The van der Waals surface area contributed by atoms with E-state index in [1.807, 2.05) is 0 Å². The van der Waals surface area contributed by atoms with Gasteiger partial charge in [0.15, 0.2) is 0 Å². The molecule has 2 aliphatic rings. The minimum Gasteiger partial charge on any atom is -0.384 e. The van der Waals surface area contributed by atoms with Crippen molar-refractivity contribution in [2.75, 3.05) is 25.2 Å². The number of rotatable bonds is 6. The molecular weight excluding hydrogens is 276 g/mol. The Labute approximate surface area is 122 Å². The first-order valence-corrected chi connectivity index (χ1v) is 7.94. The second-order valence-electron chi connectivity index (χ2n) is 5.37. The molecule has 1 aliphatic carbocycles. The smallest absolute Gasteiger partial charge is 0.243 e. The molecule has 110 valence electrons. The number of hydrogen-bond acceptors (Lipinski definition) is 6. The molecule has 0 bridgehead atoms. The number of carbonyl (C=O) groups is 1. The molecular formula is C13H20N4O2S. The number of nitrogens with one attached hydrogen (secondary N) is 1. The maximum atomic E-state index is 12.2. The van der Waals surface area contributed by atoms with Gasteiger partial charge in [-0.05, 0) is 25.7 Å². The first kappa shape index (κ1) is 13.8. The lowest BCUT2D eigenvalue weighted by Crippen LogP contribution is -2.44. The fourth-order valence-electron chi connectivity index (χ4n) is 2.45. The van der Waals surface area contributed by atoms with Gasteiger partial charge in [0.1, 0.15) is 11.9 Å². The first-order valence-electron chi connectivity index (χ1n) is 7.16. The predicted molar refractivity (Wildman–Crippen MR) is 77.0 cm³/mol. The van der Waals surface area contributed by atoms with Crippen molar-refractivity contribution in [3.63, 3.8) is 0 Å². The van der Waals surface area contributed by atoms with Crippen molar-refractivity contribution in [1.82, 2.24) is 14.7 Å². The highest BCUT2D eigenvalue weighted by Crippen LogP contribution is 2.28. The van der Waals surface area contributed by atoms with Crippen molar-refractivity contribution in [2.45, 2.75) is 44.2 Å². The Morgan fingerprint density at radius 1 is 1.50 bits per heavy atom. The van der Waals surface area contributed by atoms with Gasteiger partial charge in [-0.15, -0.1) is 0 Å². The zero-order valence-electron chi connectivity index (χ0n) is 11.7. The summed E-state index contributed by atoms with van der Waals surface area (Å²) in [5.74, 6) is 0.957. The standard InChI is InChI=1S/C13H20N4O2S/c1-19-8-6-11-15-13(20-16-11)17-7-2-3-10(17)12(18)14-9-4-5-9/h9-10H,2-8H2,1H3,(H,14,18)/t10-/m1/s1. The summed E-state index contributed by atoms with van der Waals surface area (Å²) in [6.07, 6.45) is 4.91. The SMILES string of the molecule is COCCc1nsc(N2CCC[C@@H]2C(=O)NC2CC2)n1. The molecule has 2 heterocycles. The predicted octanol–water partition coefficient (Wildman–Crippen LogP) is 0.974. The van der Waals surface area contributed by atoms with Crippen LogP contribution in [0.4, 0.5) is 5.13 Å². The molecule has 0 spiro atoms. The molecule has 6 nitrogen and oxygen atoms in total. The van der Waals surface area contributed by atoms with Crippen LogP contribution in [0.2, 0.25) is 0 Å². The van der Waals surface area contributed by atoms with Gasteiger partial charge in [0.25, 0.3) is 0 Å². The summed E-state index contributed by atoms with van der Waals surface area (Å²) in [6.45, 7) is 1.52. The van der Waals surface area contributed by atoms with E-state index >= 15 is 0 Å². The van der Waals surface area contributed by atoms with E-state index in [0.29, 0.717) is 12.6 Å². The third-order valence-electron chi connectivity index (χ3n) is 3.71. The summed E-state index contributed by atoms with van der Waals surface area (Å²) in [4.78, 5) is 18.9. The van der Waals surface area contributed by atoms with Crippen LogP contribution in [0.5, 0.6) is 0 Å². The molecule has 2 fully saturated rings. The molecule has 7 heteroatoms. The number of ether oxygens (including phenoxy) is 1. The summed E-state index contributed by atoms with van der Waals surface area (Å²) in [6, 6.07) is 0.343. The van der Waals surface area contributed by atoms with E-state index in [4.69, 9.17) is 4.74 Å². The van der Waals surface area contributed by atoms with Crippen LogP contribution in [-0.4, -0.2) is 47.6 Å². The third kappa shape index (κ3) is 3.09. The lowest BCUT2D eigenvalue weighted by atomic mass is 10.2. The van der Waals surface area contributed by atoms with Crippen LogP contribution in [0, 0.1) is 0 Å². The van der Waals surface area contributed by atoms with Crippen LogP contribution < -0.4 is 10.2 Å². The Balaban J connectivity index is 1.64. The molecule has 0 unspecified atom stereocenters. The zero-order valence-corrected chi connectivity index (χ0v) is 12.5. The van der Waals surface area contributed by atoms with E-state index in [-0.39, 0.29) is 11.9 Å². The molecule has 20 heavy (non-hydrogen) atoms. The Kier molecular flexibility index (Phi) is 4.16. The van der Waals surface area contributed by atoms with Crippen molar-refractivity contribution in [3.05, 3.63) is 5.82 Å². The van der Waals surface area contributed by atoms with Crippen LogP contribution in [0.1, 0.15) is 31.5 Å². The van der Waals surface area contributed by atoms with Crippen LogP contribution in [0.3, 0.4) is 0 Å². The third-order valence-corrected chi connectivity index (χ3v) is 4.50. The second-order valence-corrected chi connectivity index (χ2v) is 6.10. The summed E-state index contributed by atoms with van der Waals surface area (Å²) in [7, 11) is 1.67. The van der Waals surface area contributed by atoms with E-state index in [0.717, 1.165) is 49.6 Å². The maximum Gasteiger partial charge on any atom is 0.243 e. The van der Waals surface area contributed by atoms with Crippen molar-refractivity contribution < 1.29 is 9.53 Å². The van der Waals surface area contributed by atoms with Gasteiger partial charge in [0.2, 0.25) is 11.0 Å². The summed E-state index contributed by atoms with van der Waals surface area (Å²) >= 11 is 1.38. The number of anilines is 1. The maximum absolute atomic E-state index is 12.2. The monoisotopic (exact) mass is 296 g/mol. The van der Waals surface area contributed by atoms with Crippen molar-refractivity contribution in [3.8, 4) is 0 Å². The van der Waals surface area contributed by atoms with Crippen LogP contribution >= 0.6 is 11.5 Å². The number of nitrogens with zero attached hydrogens (tertiary/aromatic N) is 3. The van der Waals surface area contributed by atoms with Gasteiger partial charge in [0, 0.05) is 37.6 Å². The highest BCUT2D eigenvalue weighted by Gasteiger charge is 2.35. The van der Waals surface area contributed by atoms with E-state index < -0.39 is 0 Å². The summed E-state index contributed by atoms with van der Waals surface area (Å²) < 4.78 is 9.38. The fourth-order valence-corrected chi connectivity index (χ4v) is 3.24. The van der Waals surface area contributed by atoms with Gasteiger partial charge in [0.05, 0.1) is 6.61 Å². The fraction of sp³-hybridized carbons (Fsp3) is 0.769. The molecule has 1 amide bonds. The molecule has 1 atom stereocenters. The van der Waals surface area contributed by atoms with Crippen molar-refractivity contribution in [2.24, 2.45) is 0 Å². The lowest BCUT2D eigenvalue weighted by Gasteiger charge is -2.22. The molecule has 1 saturated carbocycles. The zero-order chi connectivity index (χ0) is 13.9. The number of aromatic nitrogens is 2. The van der Waals surface area contributed by atoms with Crippen LogP contribution in [-0.2, 0) is 16.0 Å². The van der Waals surface area contributed by atoms with Gasteiger partial charge >= 0.3 is 0 Å². The molecule has 3 rings (SSSR count). The van der Waals surface area contributed by atoms with Gasteiger partial charge in [-0.1, -0.05) is 0 Å². The van der Waals surface area contributed by atoms with Crippen molar-refractivity contribution >= 4 is 22.6 Å². The summed E-state index contributed by atoms with van der Waals surface area (Å²) in [5, 5.41) is 3.96. The molecule has 0 aromatic carbocycles. The molecule has 1 aliphatic heterocycles. The quantitative estimate of drug-likeness (QED) is 0.847. The number of carbonyl (C=O) groups excluding carboxylic acids is 1. The number of hydrogen-bond donors (Lipinski definition) is 1. The lowest BCUT2D eigenvalue weighted by molar-refractivity contribution is -0.122. The van der Waals surface area contributed by atoms with E-state index in [1.54, 1.807) is 7.11 Å². The molecule has 1 aromatic heterocycles. The Morgan fingerprint density at radius 3 is 3.10 bits per heavy atom. The van der Waals surface area contributed by atoms with Gasteiger partial charge < -0.3 is 15.0 Å². The Bertz CT molecular complexity index is 475. The normalized spacial score (nSPS) is 22.2. The molecule has 1 N–H and O–H groups in total. The molecule has 1 aromatic rings. The minimum atomic E-state index is -0.0705. The Morgan fingerprint density at radius 2 is 2.35 bits per heavy atom. The minimum absolute atomic E-state index is 0.0705. The summed E-state index contributed by atoms with van der Waals surface area (Å²) in [5.41, 5.74) is 0. The number of methoxy groups -OCH3 is 1. The van der Waals surface area contributed by atoms with Crippen LogP contribution in [0.25, 0.3) is 0 Å². The second kappa shape index (κ2) is 6.05. The van der Waals surface area contributed by atoms with E-state index in [1.165, 1.54) is 11.5 Å². The highest BCUT2D eigenvalue weighted by atomic mass is 32.1. The van der Waals surface area contributed by atoms with Gasteiger partial charge in [-0.3, -0.25) is 4.79 Å². The topological polar surface area (TPSA) is 67.3 Å².